The van der Waals surface area contributed by atoms with E-state index in [2.05, 4.69) is 20.5 Å². The van der Waals surface area contributed by atoms with Crippen molar-refractivity contribution < 1.29 is 4.79 Å². The van der Waals surface area contributed by atoms with Crippen LogP contribution in [0.5, 0.6) is 0 Å². The molecule has 1 aromatic carbocycles. The van der Waals surface area contributed by atoms with E-state index >= 15 is 0 Å². The van der Waals surface area contributed by atoms with Gasteiger partial charge in [-0.2, -0.15) is 0 Å². The number of rotatable bonds is 4. The lowest BCUT2D eigenvalue weighted by atomic mass is 10.3. The van der Waals surface area contributed by atoms with Crippen molar-refractivity contribution in [2.45, 2.75) is 12.1 Å². The normalized spacial score (nSPS) is 10.4. The molecule has 0 unspecified atom stereocenters. The fourth-order valence-corrected chi connectivity index (χ4v) is 2.15. The molecule has 0 fully saturated rings. The molecule has 2 rings (SSSR count). The molecular weight excluding hydrogens is 286 g/mol. The summed E-state index contributed by atoms with van der Waals surface area (Å²) >= 11 is 7.19. The zero-order chi connectivity index (χ0) is 13.8. The minimum Gasteiger partial charge on any atom is -0.399 e. The first-order chi connectivity index (χ1) is 9.04. The van der Waals surface area contributed by atoms with Gasteiger partial charge in [-0.15, -0.1) is 5.10 Å². The third-order valence-electron chi connectivity index (χ3n) is 2.17. The molecule has 0 atom stereocenters. The number of benzene rings is 1. The summed E-state index contributed by atoms with van der Waals surface area (Å²) < 4.78 is 0. The minimum atomic E-state index is -0.194. The number of amides is 1. The molecule has 2 aromatic rings. The molecule has 19 heavy (non-hydrogen) atoms. The van der Waals surface area contributed by atoms with E-state index in [0.29, 0.717) is 27.4 Å². The van der Waals surface area contributed by atoms with Crippen LogP contribution in [0.25, 0.3) is 0 Å². The third kappa shape index (κ3) is 3.87. The van der Waals surface area contributed by atoms with Gasteiger partial charge >= 0.3 is 0 Å². The molecule has 0 radical (unpaired) electrons. The maximum Gasteiger partial charge on any atom is 0.234 e. The fourth-order valence-electron chi connectivity index (χ4n) is 1.34. The monoisotopic (exact) mass is 297 g/mol. The van der Waals surface area contributed by atoms with Crippen molar-refractivity contribution in [1.29, 1.82) is 0 Å². The Bertz CT molecular complexity index is 601. The summed E-state index contributed by atoms with van der Waals surface area (Å²) in [6, 6.07) is 4.92. The first kappa shape index (κ1) is 13.7. The lowest BCUT2D eigenvalue weighted by Gasteiger charge is -2.07. The van der Waals surface area contributed by atoms with Crippen molar-refractivity contribution in [3.8, 4) is 0 Å². The smallest absolute Gasteiger partial charge is 0.234 e. The van der Waals surface area contributed by atoms with Crippen LogP contribution in [0.2, 0.25) is 5.02 Å². The van der Waals surface area contributed by atoms with Crippen LogP contribution >= 0.6 is 23.4 Å². The number of anilines is 2. The molecule has 4 N–H and O–H groups in total. The molecule has 1 amide bonds. The number of aromatic nitrogens is 3. The van der Waals surface area contributed by atoms with Crippen molar-refractivity contribution in [1.82, 2.24) is 15.2 Å². The van der Waals surface area contributed by atoms with Crippen molar-refractivity contribution in [2.24, 2.45) is 0 Å². The number of hydrogen-bond acceptors (Lipinski definition) is 5. The van der Waals surface area contributed by atoms with Crippen LogP contribution < -0.4 is 11.1 Å². The number of nitrogens with zero attached hydrogens (tertiary/aromatic N) is 2. The Hall–Kier alpha value is -1.73. The van der Waals surface area contributed by atoms with Gasteiger partial charge in [-0.3, -0.25) is 9.89 Å². The molecule has 0 aliphatic carbocycles. The highest BCUT2D eigenvalue weighted by Gasteiger charge is 2.09. The van der Waals surface area contributed by atoms with Gasteiger partial charge in [-0.25, -0.2) is 4.98 Å². The van der Waals surface area contributed by atoms with Gasteiger partial charge in [0.15, 0.2) is 0 Å². The van der Waals surface area contributed by atoms with E-state index in [9.17, 15) is 4.79 Å². The third-order valence-corrected chi connectivity index (χ3v) is 3.35. The Labute approximate surface area is 119 Å². The van der Waals surface area contributed by atoms with E-state index in [1.54, 1.807) is 25.1 Å². The van der Waals surface area contributed by atoms with Gasteiger partial charge in [-0.05, 0) is 25.1 Å². The highest BCUT2D eigenvalue weighted by atomic mass is 35.5. The molecule has 0 aliphatic heterocycles. The summed E-state index contributed by atoms with van der Waals surface area (Å²) in [4.78, 5) is 15.9. The average Bonchev–Trinajstić information content (AvgIpc) is 2.77. The number of carbonyl (C=O) groups excluding carboxylic acids is 1. The van der Waals surface area contributed by atoms with Crippen molar-refractivity contribution >= 4 is 40.6 Å². The van der Waals surface area contributed by atoms with Crippen LogP contribution in [0.3, 0.4) is 0 Å². The molecule has 100 valence electrons. The maximum atomic E-state index is 11.8. The summed E-state index contributed by atoms with van der Waals surface area (Å²) in [5.74, 6) is 0.712. The Balaban J connectivity index is 1.92. The minimum absolute atomic E-state index is 0.194. The summed E-state index contributed by atoms with van der Waals surface area (Å²) in [7, 11) is 0. The number of hydrogen-bond donors (Lipinski definition) is 3. The second kappa shape index (κ2) is 5.94. The number of thioether (sulfide) groups is 1. The van der Waals surface area contributed by atoms with E-state index in [-0.39, 0.29) is 11.7 Å². The van der Waals surface area contributed by atoms with E-state index in [1.807, 2.05) is 0 Å². The van der Waals surface area contributed by atoms with Crippen molar-refractivity contribution in [3.63, 3.8) is 0 Å². The van der Waals surface area contributed by atoms with Gasteiger partial charge in [-0.1, -0.05) is 23.4 Å². The van der Waals surface area contributed by atoms with Gasteiger partial charge in [0, 0.05) is 5.69 Å². The molecule has 6 nitrogen and oxygen atoms in total. The van der Waals surface area contributed by atoms with Crippen molar-refractivity contribution in [2.75, 3.05) is 16.8 Å². The highest BCUT2D eigenvalue weighted by Crippen LogP contribution is 2.24. The van der Waals surface area contributed by atoms with E-state index in [4.69, 9.17) is 17.3 Å². The summed E-state index contributed by atoms with van der Waals surface area (Å²) in [6.07, 6.45) is 0. The number of aryl methyl sites for hydroxylation is 1. The number of nitrogens with one attached hydrogen (secondary N) is 2. The van der Waals surface area contributed by atoms with Gasteiger partial charge in [0.2, 0.25) is 11.1 Å². The molecule has 0 bridgehead atoms. The highest BCUT2D eigenvalue weighted by molar-refractivity contribution is 7.99. The quantitative estimate of drug-likeness (QED) is 0.593. The predicted octanol–water partition coefficient (Wildman–Crippen LogP) is 2.08. The Morgan fingerprint density at radius 3 is 3.05 bits per heavy atom. The zero-order valence-electron chi connectivity index (χ0n) is 10.1. The summed E-state index contributed by atoms with van der Waals surface area (Å²) in [5.41, 5.74) is 6.67. The largest absolute Gasteiger partial charge is 0.399 e. The van der Waals surface area contributed by atoms with Gasteiger partial charge in [0.1, 0.15) is 5.82 Å². The van der Waals surface area contributed by atoms with Crippen LogP contribution in [-0.4, -0.2) is 26.8 Å². The Morgan fingerprint density at radius 1 is 1.58 bits per heavy atom. The molecule has 0 saturated heterocycles. The maximum absolute atomic E-state index is 11.8. The van der Waals surface area contributed by atoms with Crippen LogP contribution in [0.15, 0.2) is 23.4 Å². The number of carbonyl (C=O) groups is 1. The molecule has 0 saturated carbocycles. The van der Waals surface area contributed by atoms with Crippen LogP contribution in [0, 0.1) is 6.92 Å². The molecule has 0 spiro atoms. The average molecular weight is 298 g/mol. The number of H-pyrrole nitrogens is 1. The molecule has 1 aromatic heterocycles. The lowest BCUT2D eigenvalue weighted by molar-refractivity contribution is -0.113. The predicted molar refractivity (Wildman–Crippen MR) is 76.3 cm³/mol. The summed E-state index contributed by atoms with van der Waals surface area (Å²) in [6.45, 7) is 1.80. The van der Waals surface area contributed by atoms with Gasteiger partial charge in [0.05, 0.1) is 16.5 Å². The number of nitrogen functional groups attached to an aromatic ring is 1. The summed E-state index contributed by atoms with van der Waals surface area (Å²) in [5, 5.41) is 10.3. The second-order valence-electron chi connectivity index (χ2n) is 3.78. The Kier molecular flexibility index (Phi) is 4.28. The second-order valence-corrected chi connectivity index (χ2v) is 5.13. The number of nitrogens with two attached hydrogens (primary N) is 1. The van der Waals surface area contributed by atoms with Crippen LogP contribution in [-0.2, 0) is 4.79 Å². The van der Waals surface area contributed by atoms with Crippen LogP contribution in [0.4, 0.5) is 11.4 Å². The number of aromatic amines is 1. The van der Waals surface area contributed by atoms with Gasteiger partial charge in [0.25, 0.3) is 0 Å². The zero-order valence-corrected chi connectivity index (χ0v) is 11.7. The van der Waals surface area contributed by atoms with Crippen molar-refractivity contribution in [3.05, 3.63) is 29.0 Å². The Morgan fingerprint density at radius 2 is 2.37 bits per heavy atom. The number of halogens is 1. The molecule has 0 aliphatic rings. The van der Waals surface area contributed by atoms with Gasteiger partial charge < -0.3 is 11.1 Å². The standard InChI is InChI=1S/C11H12ClN5OS/c1-6-14-11(17-16-6)19-5-10(18)15-9-4-7(13)2-3-8(9)12/h2-4H,5,13H2,1H3,(H,15,18)(H,14,16,17). The molecule has 1 heterocycles. The first-order valence-corrected chi connectivity index (χ1v) is 6.77. The van der Waals surface area contributed by atoms with E-state index < -0.39 is 0 Å². The molecule has 8 heteroatoms. The topological polar surface area (TPSA) is 96.7 Å². The molecular formula is C11H12ClN5OS. The van der Waals surface area contributed by atoms with E-state index in [0.717, 1.165) is 0 Å². The SMILES string of the molecule is Cc1nc(SCC(=O)Nc2cc(N)ccc2Cl)n[nH]1. The lowest BCUT2D eigenvalue weighted by Crippen LogP contribution is -2.14. The first-order valence-electron chi connectivity index (χ1n) is 5.41. The fraction of sp³-hybridized carbons (Fsp3) is 0.182. The van der Waals surface area contributed by atoms with E-state index in [1.165, 1.54) is 11.8 Å². The van der Waals surface area contributed by atoms with Crippen LogP contribution in [0.1, 0.15) is 5.82 Å².